The third-order valence-corrected chi connectivity index (χ3v) is 10.2. The number of hydrogen-bond donors (Lipinski definition) is 0. The minimum atomic E-state index is -0.500. The van der Waals surface area contributed by atoms with E-state index in [0.717, 1.165) is 28.1 Å². The van der Waals surface area contributed by atoms with Crippen molar-refractivity contribution >= 4 is 0 Å². The standard InChI is InChI=1S/C46H29N3/c1-2-12-31(13-3-1)45-48-43(30-24-26-47-27-25-30)29-44(49-45)32-22-23-42-38(28-32)34-15-5-4-14-33(34)35-16-6-9-19-39(35)46(42)40-20-10-7-17-36(40)37-18-8-11-21-41(37)46/h1-29H. The molecule has 228 valence electrons. The maximum atomic E-state index is 5.20. The van der Waals surface area contributed by atoms with Gasteiger partial charge in [-0.1, -0.05) is 140 Å². The average Bonchev–Trinajstić information content (AvgIpc) is 3.43. The number of hydrogen-bond acceptors (Lipinski definition) is 3. The van der Waals surface area contributed by atoms with E-state index in [9.17, 15) is 0 Å². The topological polar surface area (TPSA) is 38.7 Å². The molecule has 49 heavy (non-hydrogen) atoms. The van der Waals surface area contributed by atoms with Crippen LogP contribution in [0.1, 0.15) is 22.3 Å². The van der Waals surface area contributed by atoms with Crippen molar-refractivity contribution in [1.82, 2.24) is 15.0 Å². The highest BCUT2D eigenvalue weighted by atomic mass is 14.9. The lowest BCUT2D eigenvalue weighted by Crippen LogP contribution is -2.29. The first-order chi connectivity index (χ1) is 24.3. The van der Waals surface area contributed by atoms with Crippen LogP contribution in [0.25, 0.3) is 67.3 Å². The first-order valence-electron chi connectivity index (χ1n) is 16.7. The van der Waals surface area contributed by atoms with Gasteiger partial charge in [-0.25, -0.2) is 9.97 Å². The van der Waals surface area contributed by atoms with Crippen LogP contribution in [0.15, 0.2) is 176 Å². The first kappa shape index (κ1) is 27.6. The molecule has 0 saturated carbocycles. The third kappa shape index (κ3) is 4.06. The van der Waals surface area contributed by atoms with E-state index < -0.39 is 5.41 Å². The summed E-state index contributed by atoms with van der Waals surface area (Å²) in [5, 5.41) is 0. The van der Waals surface area contributed by atoms with Gasteiger partial charge in [0.15, 0.2) is 5.82 Å². The maximum Gasteiger partial charge on any atom is 0.160 e. The zero-order valence-corrected chi connectivity index (χ0v) is 26.6. The van der Waals surface area contributed by atoms with Crippen molar-refractivity contribution in [3.63, 3.8) is 0 Å². The fourth-order valence-electron chi connectivity index (χ4n) is 8.19. The van der Waals surface area contributed by atoms with Gasteiger partial charge >= 0.3 is 0 Å². The molecule has 0 radical (unpaired) electrons. The molecule has 0 aliphatic heterocycles. The molecular weight excluding hydrogens is 595 g/mol. The van der Waals surface area contributed by atoms with E-state index >= 15 is 0 Å². The van der Waals surface area contributed by atoms with Crippen LogP contribution in [0, 0.1) is 0 Å². The normalized spacial score (nSPS) is 13.1. The summed E-state index contributed by atoms with van der Waals surface area (Å²) in [4.78, 5) is 14.5. The molecule has 2 aliphatic carbocycles. The van der Waals surface area contributed by atoms with Crippen molar-refractivity contribution in [2.75, 3.05) is 0 Å². The fraction of sp³-hybridized carbons (Fsp3) is 0.0217. The molecule has 2 aliphatic rings. The Morgan fingerprint density at radius 2 is 0.796 bits per heavy atom. The van der Waals surface area contributed by atoms with Gasteiger partial charge < -0.3 is 0 Å². The van der Waals surface area contributed by atoms with Crippen LogP contribution in [-0.2, 0) is 5.41 Å². The van der Waals surface area contributed by atoms with Crippen LogP contribution < -0.4 is 0 Å². The fourth-order valence-corrected chi connectivity index (χ4v) is 8.19. The first-order valence-corrected chi connectivity index (χ1v) is 16.7. The summed E-state index contributed by atoms with van der Waals surface area (Å²) in [7, 11) is 0. The molecule has 0 unspecified atom stereocenters. The quantitative estimate of drug-likeness (QED) is 0.197. The average molecular weight is 624 g/mol. The number of nitrogens with zero attached hydrogens (tertiary/aromatic N) is 3. The van der Waals surface area contributed by atoms with Crippen molar-refractivity contribution in [3.05, 3.63) is 198 Å². The van der Waals surface area contributed by atoms with Gasteiger partial charge in [-0.2, -0.15) is 0 Å². The summed E-state index contributed by atoms with van der Waals surface area (Å²) < 4.78 is 0. The van der Waals surface area contributed by atoms with Crippen LogP contribution >= 0.6 is 0 Å². The Morgan fingerprint density at radius 1 is 0.327 bits per heavy atom. The smallest absolute Gasteiger partial charge is 0.160 e. The predicted octanol–water partition coefficient (Wildman–Crippen LogP) is 10.9. The van der Waals surface area contributed by atoms with Crippen LogP contribution in [0.3, 0.4) is 0 Å². The molecule has 10 rings (SSSR count). The second-order valence-corrected chi connectivity index (χ2v) is 12.8. The predicted molar refractivity (Wildman–Crippen MR) is 198 cm³/mol. The highest BCUT2D eigenvalue weighted by Gasteiger charge is 2.49. The molecule has 0 amide bonds. The molecule has 8 aromatic rings. The second-order valence-electron chi connectivity index (χ2n) is 12.8. The molecule has 3 heteroatoms. The Morgan fingerprint density at radius 3 is 1.41 bits per heavy atom. The van der Waals surface area contributed by atoms with Gasteiger partial charge in [0.25, 0.3) is 0 Å². The molecule has 0 atom stereocenters. The minimum Gasteiger partial charge on any atom is -0.265 e. The van der Waals surface area contributed by atoms with Crippen molar-refractivity contribution in [2.45, 2.75) is 5.41 Å². The third-order valence-electron chi connectivity index (χ3n) is 10.2. The Bertz CT molecular complexity index is 2450. The van der Waals surface area contributed by atoms with Gasteiger partial charge in [0.1, 0.15) is 0 Å². The molecule has 0 bridgehead atoms. The van der Waals surface area contributed by atoms with Crippen LogP contribution in [0.4, 0.5) is 0 Å². The van der Waals surface area contributed by atoms with Gasteiger partial charge in [-0.15, -0.1) is 0 Å². The molecule has 0 saturated heterocycles. The molecule has 1 spiro atoms. The lowest BCUT2D eigenvalue weighted by molar-refractivity contribution is 0.775. The summed E-state index contributed by atoms with van der Waals surface area (Å²) in [6.45, 7) is 0. The summed E-state index contributed by atoms with van der Waals surface area (Å²) in [5.41, 5.74) is 17.0. The van der Waals surface area contributed by atoms with Gasteiger partial charge in [0.05, 0.1) is 16.8 Å². The molecule has 0 fully saturated rings. The van der Waals surface area contributed by atoms with E-state index in [-0.39, 0.29) is 0 Å². The van der Waals surface area contributed by atoms with Gasteiger partial charge in [0, 0.05) is 29.1 Å². The SMILES string of the molecule is c1ccc(-c2nc(-c3ccncc3)cc(-c3ccc4c(c3)-c3ccccc3-c3ccccc3C43c4ccccc4-c4ccccc43)n2)cc1. The monoisotopic (exact) mass is 623 g/mol. The Labute approximate surface area is 285 Å². The molecule has 2 aromatic heterocycles. The number of fused-ring (bicyclic) bond motifs is 12. The van der Waals surface area contributed by atoms with Crippen LogP contribution in [0.2, 0.25) is 0 Å². The minimum absolute atomic E-state index is 0.500. The van der Waals surface area contributed by atoms with Gasteiger partial charge in [-0.3, -0.25) is 4.98 Å². The van der Waals surface area contributed by atoms with E-state index in [0.29, 0.717) is 5.82 Å². The second kappa shape index (κ2) is 10.8. The summed E-state index contributed by atoms with van der Waals surface area (Å²) >= 11 is 0. The largest absolute Gasteiger partial charge is 0.265 e. The lowest BCUT2D eigenvalue weighted by atomic mass is 9.66. The van der Waals surface area contributed by atoms with E-state index in [1.165, 1.54) is 55.6 Å². The van der Waals surface area contributed by atoms with Crippen LogP contribution in [-0.4, -0.2) is 15.0 Å². The Kier molecular flexibility index (Phi) is 6.09. The number of pyridine rings is 1. The van der Waals surface area contributed by atoms with Crippen molar-refractivity contribution in [2.24, 2.45) is 0 Å². The molecular formula is C46H29N3. The number of benzene rings is 6. The maximum absolute atomic E-state index is 5.20. The molecule has 2 heterocycles. The molecule has 6 aromatic carbocycles. The van der Waals surface area contributed by atoms with E-state index in [1.807, 2.05) is 42.7 Å². The Balaban J connectivity index is 1.29. The highest BCUT2D eigenvalue weighted by Crippen LogP contribution is 2.61. The summed E-state index contributed by atoms with van der Waals surface area (Å²) in [6.07, 6.45) is 3.63. The highest BCUT2D eigenvalue weighted by molar-refractivity contribution is 5.98. The van der Waals surface area contributed by atoms with E-state index in [2.05, 4.69) is 138 Å². The van der Waals surface area contributed by atoms with E-state index in [4.69, 9.17) is 9.97 Å². The number of aromatic nitrogens is 3. The molecule has 3 nitrogen and oxygen atoms in total. The zero-order valence-electron chi connectivity index (χ0n) is 26.6. The number of rotatable bonds is 3. The van der Waals surface area contributed by atoms with E-state index in [1.54, 1.807) is 0 Å². The molecule has 0 N–H and O–H groups in total. The van der Waals surface area contributed by atoms with Crippen molar-refractivity contribution in [1.29, 1.82) is 0 Å². The van der Waals surface area contributed by atoms with Gasteiger partial charge in [-0.05, 0) is 79.9 Å². The van der Waals surface area contributed by atoms with Gasteiger partial charge in [0.2, 0.25) is 0 Å². The zero-order chi connectivity index (χ0) is 32.4. The Hall–Kier alpha value is -6.45. The lowest BCUT2D eigenvalue weighted by Gasteiger charge is -2.35. The van der Waals surface area contributed by atoms with Crippen LogP contribution in [0.5, 0.6) is 0 Å². The van der Waals surface area contributed by atoms with Crippen molar-refractivity contribution < 1.29 is 0 Å². The summed E-state index contributed by atoms with van der Waals surface area (Å²) in [6, 6.07) is 59.1. The summed E-state index contributed by atoms with van der Waals surface area (Å²) in [5.74, 6) is 0.697. The van der Waals surface area contributed by atoms with Crippen molar-refractivity contribution in [3.8, 4) is 67.3 Å².